The molecular formula is C7H14N2O. The first-order chi connectivity index (χ1) is 4.93. The zero-order valence-electron chi connectivity index (χ0n) is 6.10. The van der Waals surface area contributed by atoms with Crippen LogP contribution in [-0.4, -0.2) is 19.7 Å². The van der Waals surface area contributed by atoms with E-state index in [1.165, 1.54) is 5.57 Å². The molecule has 0 radical (unpaired) electrons. The highest BCUT2D eigenvalue weighted by Gasteiger charge is 2.01. The molecule has 0 bridgehead atoms. The van der Waals surface area contributed by atoms with Crippen LogP contribution in [0.4, 0.5) is 0 Å². The van der Waals surface area contributed by atoms with E-state index >= 15 is 0 Å². The van der Waals surface area contributed by atoms with Crippen molar-refractivity contribution in [1.29, 1.82) is 0 Å². The molecule has 1 heterocycles. The van der Waals surface area contributed by atoms with Crippen LogP contribution in [0.3, 0.4) is 0 Å². The Morgan fingerprint density at radius 2 is 2.60 bits per heavy atom. The molecule has 3 nitrogen and oxygen atoms in total. The van der Waals surface area contributed by atoms with Crippen LogP contribution < -0.4 is 11.2 Å². The third kappa shape index (κ3) is 2.47. The molecule has 0 saturated heterocycles. The summed E-state index contributed by atoms with van der Waals surface area (Å²) in [6, 6.07) is 0. The monoisotopic (exact) mass is 142 g/mol. The maximum absolute atomic E-state index is 4.90. The summed E-state index contributed by atoms with van der Waals surface area (Å²) in [6.07, 6.45) is 4.34. The van der Waals surface area contributed by atoms with E-state index in [4.69, 9.17) is 5.90 Å². The summed E-state index contributed by atoms with van der Waals surface area (Å²) in [5.74, 6) is 4.90. The lowest BCUT2D eigenvalue weighted by Gasteiger charge is -2.12. The Kier molecular flexibility index (Phi) is 3.43. The van der Waals surface area contributed by atoms with E-state index in [9.17, 15) is 0 Å². The van der Waals surface area contributed by atoms with Crippen molar-refractivity contribution < 1.29 is 4.84 Å². The molecule has 0 amide bonds. The van der Waals surface area contributed by atoms with Gasteiger partial charge < -0.3 is 10.2 Å². The fourth-order valence-electron chi connectivity index (χ4n) is 1.09. The molecule has 3 N–H and O–H groups in total. The molecular weight excluding hydrogens is 128 g/mol. The van der Waals surface area contributed by atoms with Gasteiger partial charge in [-0.25, -0.2) is 5.90 Å². The smallest absolute Gasteiger partial charge is 0.0716 e. The van der Waals surface area contributed by atoms with E-state index in [1.807, 2.05) is 0 Å². The van der Waals surface area contributed by atoms with Gasteiger partial charge in [0.1, 0.15) is 0 Å². The minimum atomic E-state index is 0.645. The summed E-state index contributed by atoms with van der Waals surface area (Å²) >= 11 is 0. The standard InChI is InChI=1S/C7H14N2O/c8-10-6-3-7-1-4-9-5-2-7/h1,9H,2-6,8H2. The zero-order chi connectivity index (χ0) is 7.23. The van der Waals surface area contributed by atoms with E-state index in [0.29, 0.717) is 6.61 Å². The van der Waals surface area contributed by atoms with Gasteiger partial charge in [-0.2, -0.15) is 0 Å². The Morgan fingerprint density at radius 1 is 1.70 bits per heavy atom. The van der Waals surface area contributed by atoms with Crippen LogP contribution in [0.15, 0.2) is 11.6 Å². The second kappa shape index (κ2) is 4.44. The van der Waals surface area contributed by atoms with Crippen LogP contribution in [0.25, 0.3) is 0 Å². The molecule has 0 unspecified atom stereocenters. The van der Waals surface area contributed by atoms with Gasteiger partial charge in [-0.15, -0.1) is 0 Å². The van der Waals surface area contributed by atoms with Gasteiger partial charge in [-0.05, 0) is 19.4 Å². The summed E-state index contributed by atoms with van der Waals surface area (Å²) in [4.78, 5) is 4.48. The van der Waals surface area contributed by atoms with Crippen molar-refractivity contribution in [1.82, 2.24) is 5.32 Å². The van der Waals surface area contributed by atoms with Gasteiger partial charge in [-0.3, -0.25) is 0 Å². The molecule has 1 aliphatic rings. The molecule has 0 aliphatic carbocycles. The van der Waals surface area contributed by atoms with Crippen LogP contribution in [-0.2, 0) is 4.84 Å². The first-order valence-corrected chi connectivity index (χ1v) is 3.64. The lowest BCUT2D eigenvalue weighted by atomic mass is 10.1. The van der Waals surface area contributed by atoms with Crippen LogP contribution in [0.2, 0.25) is 0 Å². The highest BCUT2D eigenvalue weighted by Crippen LogP contribution is 2.07. The predicted molar refractivity (Wildman–Crippen MR) is 40.3 cm³/mol. The maximum atomic E-state index is 4.90. The highest BCUT2D eigenvalue weighted by molar-refractivity contribution is 5.06. The van der Waals surface area contributed by atoms with E-state index in [0.717, 1.165) is 25.9 Å². The van der Waals surface area contributed by atoms with Gasteiger partial charge in [0, 0.05) is 6.54 Å². The minimum Gasteiger partial charge on any atom is -0.313 e. The van der Waals surface area contributed by atoms with Crippen molar-refractivity contribution in [3.05, 3.63) is 11.6 Å². The van der Waals surface area contributed by atoms with Crippen LogP contribution in [0.1, 0.15) is 12.8 Å². The second-order valence-electron chi connectivity index (χ2n) is 2.44. The molecule has 0 spiro atoms. The van der Waals surface area contributed by atoms with E-state index < -0.39 is 0 Å². The fourth-order valence-corrected chi connectivity index (χ4v) is 1.09. The maximum Gasteiger partial charge on any atom is 0.0716 e. The molecule has 10 heavy (non-hydrogen) atoms. The van der Waals surface area contributed by atoms with E-state index in [2.05, 4.69) is 16.2 Å². The van der Waals surface area contributed by atoms with Gasteiger partial charge in [0.25, 0.3) is 0 Å². The minimum absolute atomic E-state index is 0.645. The molecule has 0 atom stereocenters. The third-order valence-electron chi connectivity index (χ3n) is 1.70. The average molecular weight is 142 g/mol. The lowest BCUT2D eigenvalue weighted by Crippen LogP contribution is -2.21. The van der Waals surface area contributed by atoms with Crippen LogP contribution >= 0.6 is 0 Å². The Morgan fingerprint density at radius 3 is 3.20 bits per heavy atom. The average Bonchev–Trinajstić information content (AvgIpc) is 2.03. The number of rotatable bonds is 3. The molecule has 0 saturated carbocycles. The van der Waals surface area contributed by atoms with Gasteiger partial charge in [-0.1, -0.05) is 11.6 Å². The van der Waals surface area contributed by atoms with Crippen molar-refractivity contribution in [2.45, 2.75) is 12.8 Å². The van der Waals surface area contributed by atoms with Crippen molar-refractivity contribution in [3.63, 3.8) is 0 Å². The Bertz CT molecular complexity index is 123. The van der Waals surface area contributed by atoms with Gasteiger partial charge in [0.2, 0.25) is 0 Å². The lowest BCUT2D eigenvalue weighted by molar-refractivity contribution is 0.140. The Hall–Kier alpha value is -0.380. The molecule has 1 aliphatic heterocycles. The summed E-state index contributed by atoms with van der Waals surface area (Å²) in [6.45, 7) is 2.74. The Labute approximate surface area is 61.2 Å². The van der Waals surface area contributed by atoms with Crippen LogP contribution in [0.5, 0.6) is 0 Å². The van der Waals surface area contributed by atoms with Crippen molar-refractivity contribution in [2.24, 2.45) is 5.90 Å². The van der Waals surface area contributed by atoms with Gasteiger partial charge in [0.15, 0.2) is 0 Å². The first kappa shape index (κ1) is 7.72. The van der Waals surface area contributed by atoms with Crippen molar-refractivity contribution in [3.8, 4) is 0 Å². The third-order valence-corrected chi connectivity index (χ3v) is 1.70. The zero-order valence-corrected chi connectivity index (χ0v) is 6.10. The Balaban J connectivity index is 2.18. The predicted octanol–water partition coefficient (Wildman–Crippen LogP) is 0.186. The number of nitrogens with one attached hydrogen (secondary N) is 1. The van der Waals surface area contributed by atoms with Crippen molar-refractivity contribution >= 4 is 0 Å². The topological polar surface area (TPSA) is 47.3 Å². The largest absolute Gasteiger partial charge is 0.313 e. The van der Waals surface area contributed by atoms with E-state index in [1.54, 1.807) is 0 Å². The molecule has 3 heteroatoms. The van der Waals surface area contributed by atoms with Gasteiger partial charge in [0.05, 0.1) is 6.61 Å². The first-order valence-electron chi connectivity index (χ1n) is 3.64. The number of nitrogens with two attached hydrogens (primary N) is 1. The molecule has 58 valence electrons. The number of hydrogen-bond acceptors (Lipinski definition) is 3. The molecule has 0 fully saturated rings. The van der Waals surface area contributed by atoms with Crippen molar-refractivity contribution in [2.75, 3.05) is 19.7 Å². The molecule has 0 aromatic rings. The van der Waals surface area contributed by atoms with Gasteiger partial charge >= 0.3 is 0 Å². The van der Waals surface area contributed by atoms with E-state index in [-0.39, 0.29) is 0 Å². The highest BCUT2D eigenvalue weighted by atomic mass is 16.6. The summed E-state index contributed by atoms with van der Waals surface area (Å²) in [7, 11) is 0. The summed E-state index contributed by atoms with van der Waals surface area (Å²) < 4.78 is 0. The quantitative estimate of drug-likeness (QED) is 0.436. The molecule has 0 aromatic heterocycles. The number of hydrogen-bond donors (Lipinski definition) is 2. The fraction of sp³-hybridized carbons (Fsp3) is 0.714. The van der Waals surface area contributed by atoms with Crippen LogP contribution in [0, 0.1) is 0 Å². The molecule has 0 aromatic carbocycles. The SMILES string of the molecule is NOCCC1=CCNCC1. The second-order valence-corrected chi connectivity index (χ2v) is 2.44. The normalized spacial score (nSPS) is 18.7. The molecule has 1 rings (SSSR count). The summed E-state index contributed by atoms with van der Waals surface area (Å²) in [5.41, 5.74) is 1.46. The summed E-state index contributed by atoms with van der Waals surface area (Å²) in [5, 5.41) is 3.24.